The zero-order chi connectivity index (χ0) is 14.6. The molecule has 0 amide bonds. The van der Waals surface area contributed by atoms with Crippen LogP contribution in [0.4, 0.5) is 0 Å². The van der Waals surface area contributed by atoms with Crippen LogP contribution >= 0.6 is 0 Å². The Bertz CT molecular complexity index is 341. The number of nitrogens with zero attached hydrogens (tertiary/aromatic N) is 1. The minimum atomic E-state index is 0.714. The lowest BCUT2D eigenvalue weighted by molar-refractivity contribution is 0.235. The number of nitrogens with one attached hydrogen (secondary N) is 1. The fourth-order valence-corrected chi connectivity index (χ4v) is 1.81. The summed E-state index contributed by atoms with van der Waals surface area (Å²) in [6.07, 6.45) is 2.19. The van der Waals surface area contributed by atoms with E-state index in [1.54, 1.807) is 0 Å². The van der Waals surface area contributed by atoms with Gasteiger partial charge in [0.15, 0.2) is 0 Å². The highest BCUT2D eigenvalue weighted by Gasteiger charge is 2.00. The SMILES string of the molecule is CCCOc1ccc(OCCN(C)CCCNC)cc1. The van der Waals surface area contributed by atoms with Crippen molar-refractivity contribution in [1.29, 1.82) is 0 Å². The Labute approximate surface area is 123 Å². The molecular weight excluding hydrogens is 252 g/mol. The van der Waals surface area contributed by atoms with Crippen LogP contribution in [-0.4, -0.2) is 51.8 Å². The Kier molecular flexibility index (Phi) is 8.83. The fourth-order valence-electron chi connectivity index (χ4n) is 1.81. The van der Waals surface area contributed by atoms with Crippen LogP contribution in [0.1, 0.15) is 19.8 Å². The summed E-state index contributed by atoms with van der Waals surface area (Å²) in [6.45, 7) is 6.67. The number of benzene rings is 1. The van der Waals surface area contributed by atoms with E-state index in [1.807, 2.05) is 31.3 Å². The first-order chi connectivity index (χ1) is 9.76. The van der Waals surface area contributed by atoms with E-state index >= 15 is 0 Å². The molecule has 0 bridgehead atoms. The van der Waals surface area contributed by atoms with Gasteiger partial charge in [0.05, 0.1) is 6.61 Å². The van der Waals surface area contributed by atoms with Crippen LogP contribution in [0.3, 0.4) is 0 Å². The summed E-state index contributed by atoms with van der Waals surface area (Å²) < 4.78 is 11.3. The van der Waals surface area contributed by atoms with Crippen LogP contribution in [0.2, 0.25) is 0 Å². The largest absolute Gasteiger partial charge is 0.494 e. The number of hydrogen-bond acceptors (Lipinski definition) is 4. The lowest BCUT2D eigenvalue weighted by atomic mass is 10.3. The normalized spacial score (nSPS) is 10.8. The highest BCUT2D eigenvalue weighted by molar-refractivity contribution is 5.31. The quantitative estimate of drug-likeness (QED) is 0.631. The van der Waals surface area contributed by atoms with Crippen molar-refractivity contribution >= 4 is 0 Å². The summed E-state index contributed by atoms with van der Waals surface area (Å²) in [5, 5.41) is 3.15. The van der Waals surface area contributed by atoms with E-state index in [0.717, 1.165) is 50.6 Å². The molecule has 1 N–H and O–H groups in total. The van der Waals surface area contributed by atoms with Crippen LogP contribution in [0.25, 0.3) is 0 Å². The standard InChI is InChI=1S/C16H28N2O2/c1-4-13-19-15-6-8-16(9-7-15)20-14-12-18(3)11-5-10-17-2/h6-9,17H,4-5,10-14H2,1-3H3. The van der Waals surface area contributed by atoms with Crippen molar-refractivity contribution in [3.8, 4) is 11.5 Å². The molecule has 0 aliphatic rings. The van der Waals surface area contributed by atoms with E-state index in [9.17, 15) is 0 Å². The highest BCUT2D eigenvalue weighted by atomic mass is 16.5. The molecule has 0 saturated carbocycles. The third kappa shape index (κ3) is 7.36. The van der Waals surface area contributed by atoms with E-state index in [1.165, 1.54) is 0 Å². The van der Waals surface area contributed by atoms with Crippen LogP contribution in [0.5, 0.6) is 11.5 Å². The van der Waals surface area contributed by atoms with Gasteiger partial charge < -0.3 is 19.7 Å². The summed E-state index contributed by atoms with van der Waals surface area (Å²) in [5.41, 5.74) is 0. The molecule has 0 atom stereocenters. The van der Waals surface area contributed by atoms with Crippen LogP contribution in [0.15, 0.2) is 24.3 Å². The summed E-state index contributed by atoms with van der Waals surface area (Å²) in [7, 11) is 4.11. The highest BCUT2D eigenvalue weighted by Crippen LogP contribution is 2.17. The maximum atomic E-state index is 5.73. The Morgan fingerprint density at radius 3 is 2.15 bits per heavy atom. The predicted octanol–water partition coefficient (Wildman–Crippen LogP) is 2.40. The smallest absolute Gasteiger partial charge is 0.119 e. The van der Waals surface area contributed by atoms with Gasteiger partial charge in [-0.2, -0.15) is 0 Å². The maximum Gasteiger partial charge on any atom is 0.119 e. The molecule has 0 fully saturated rings. The number of ether oxygens (including phenoxy) is 2. The molecule has 1 aromatic rings. The molecule has 114 valence electrons. The van der Waals surface area contributed by atoms with Crippen LogP contribution in [-0.2, 0) is 0 Å². The van der Waals surface area contributed by atoms with Gasteiger partial charge >= 0.3 is 0 Å². The average molecular weight is 280 g/mol. The third-order valence-electron chi connectivity index (χ3n) is 3.00. The first kappa shape index (κ1) is 16.8. The Morgan fingerprint density at radius 1 is 1.00 bits per heavy atom. The molecule has 0 radical (unpaired) electrons. The Morgan fingerprint density at radius 2 is 1.60 bits per heavy atom. The molecule has 0 heterocycles. The molecular formula is C16H28N2O2. The van der Waals surface area contributed by atoms with Crippen molar-refractivity contribution in [2.75, 3.05) is 46.9 Å². The van der Waals surface area contributed by atoms with Crippen molar-refractivity contribution in [2.45, 2.75) is 19.8 Å². The molecule has 1 aromatic carbocycles. The lowest BCUT2D eigenvalue weighted by Crippen LogP contribution is -2.27. The zero-order valence-electron chi connectivity index (χ0n) is 13.0. The fraction of sp³-hybridized carbons (Fsp3) is 0.625. The second kappa shape index (κ2) is 10.5. The molecule has 4 heteroatoms. The monoisotopic (exact) mass is 280 g/mol. The van der Waals surface area contributed by atoms with Gasteiger partial charge in [0.25, 0.3) is 0 Å². The maximum absolute atomic E-state index is 5.73. The van der Waals surface area contributed by atoms with Gasteiger partial charge in [-0.05, 0) is 64.3 Å². The van der Waals surface area contributed by atoms with E-state index < -0.39 is 0 Å². The van der Waals surface area contributed by atoms with Gasteiger partial charge in [-0.15, -0.1) is 0 Å². The van der Waals surface area contributed by atoms with Gasteiger partial charge in [0.2, 0.25) is 0 Å². The minimum Gasteiger partial charge on any atom is -0.494 e. The van der Waals surface area contributed by atoms with Gasteiger partial charge in [-0.1, -0.05) is 6.92 Å². The first-order valence-corrected chi connectivity index (χ1v) is 7.45. The van der Waals surface area contributed by atoms with E-state index in [4.69, 9.17) is 9.47 Å². The van der Waals surface area contributed by atoms with E-state index in [2.05, 4.69) is 24.2 Å². The summed E-state index contributed by atoms with van der Waals surface area (Å²) >= 11 is 0. The molecule has 4 nitrogen and oxygen atoms in total. The number of likely N-dealkylation sites (N-methyl/N-ethyl adjacent to an activating group) is 1. The predicted molar refractivity (Wildman–Crippen MR) is 83.8 cm³/mol. The van der Waals surface area contributed by atoms with Crippen molar-refractivity contribution in [3.05, 3.63) is 24.3 Å². The molecule has 0 saturated heterocycles. The topological polar surface area (TPSA) is 33.7 Å². The number of hydrogen-bond donors (Lipinski definition) is 1. The van der Waals surface area contributed by atoms with Crippen molar-refractivity contribution in [1.82, 2.24) is 10.2 Å². The van der Waals surface area contributed by atoms with Crippen molar-refractivity contribution in [2.24, 2.45) is 0 Å². The third-order valence-corrected chi connectivity index (χ3v) is 3.00. The van der Waals surface area contributed by atoms with Gasteiger partial charge in [-0.25, -0.2) is 0 Å². The van der Waals surface area contributed by atoms with Gasteiger partial charge in [-0.3, -0.25) is 0 Å². The van der Waals surface area contributed by atoms with Crippen molar-refractivity contribution < 1.29 is 9.47 Å². The van der Waals surface area contributed by atoms with Gasteiger partial charge in [0, 0.05) is 6.54 Å². The van der Waals surface area contributed by atoms with E-state index in [0.29, 0.717) is 6.61 Å². The summed E-state index contributed by atoms with van der Waals surface area (Å²) in [5.74, 6) is 1.81. The average Bonchev–Trinajstić information content (AvgIpc) is 2.47. The molecule has 0 aliphatic carbocycles. The molecule has 0 unspecified atom stereocenters. The molecule has 0 spiro atoms. The molecule has 1 rings (SSSR count). The Balaban J connectivity index is 2.18. The molecule has 0 aliphatic heterocycles. The summed E-state index contributed by atoms with van der Waals surface area (Å²) in [6, 6.07) is 7.85. The van der Waals surface area contributed by atoms with Gasteiger partial charge in [0.1, 0.15) is 18.1 Å². The van der Waals surface area contributed by atoms with Crippen LogP contribution in [0, 0.1) is 0 Å². The minimum absolute atomic E-state index is 0.714. The van der Waals surface area contributed by atoms with E-state index in [-0.39, 0.29) is 0 Å². The first-order valence-electron chi connectivity index (χ1n) is 7.45. The molecule has 20 heavy (non-hydrogen) atoms. The second-order valence-corrected chi connectivity index (χ2v) is 4.93. The second-order valence-electron chi connectivity index (χ2n) is 4.93. The van der Waals surface area contributed by atoms with Crippen molar-refractivity contribution in [3.63, 3.8) is 0 Å². The Hall–Kier alpha value is -1.26. The zero-order valence-corrected chi connectivity index (χ0v) is 13.0. The number of rotatable bonds is 11. The van der Waals surface area contributed by atoms with Crippen LogP contribution < -0.4 is 14.8 Å². The molecule has 0 aromatic heterocycles. The lowest BCUT2D eigenvalue weighted by Gasteiger charge is -2.16. The summed E-state index contributed by atoms with van der Waals surface area (Å²) in [4.78, 5) is 2.29.